The van der Waals surface area contributed by atoms with Gasteiger partial charge < -0.3 is 20.3 Å². The Morgan fingerprint density at radius 3 is 2.42 bits per heavy atom. The van der Waals surface area contributed by atoms with Crippen LogP contribution in [-0.2, 0) is 6.61 Å². The highest BCUT2D eigenvalue weighted by atomic mass is 19.1. The third-order valence-electron chi connectivity index (χ3n) is 5.16. The Morgan fingerprint density at radius 2 is 1.84 bits per heavy atom. The van der Waals surface area contributed by atoms with Crippen LogP contribution in [0.5, 0.6) is 5.88 Å². The van der Waals surface area contributed by atoms with E-state index in [0.717, 1.165) is 12.1 Å². The van der Waals surface area contributed by atoms with Crippen molar-refractivity contribution < 1.29 is 28.5 Å². The molecular formula is C21H24F2N4O4. The number of nitrogens with zero attached hydrogens (tertiary/aromatic N) is 3. The number of aliphatic hydroxyl groups excluding tert-OH is 2. The molecule has 3 aromatic rings. The molecule has 31 heavy (non-hydrogen) atoms. The fourth-order valence-electron chi connectivity index (χ4n) is 3.17. The van der Waals surface area contributed by atoms with Crippen LogP contribution in [0.25, 0.3) is 5.65 Å². The van der Waals surface area contributed by atoms with Gasteiger partial charge in [0.05, 0.1) is 35.7 Å². The van der Waals surface area contributed by atoms with Crippen molar-refractivity contribution in [3.8, 4) is 5.88 Å². The number of aryl methyl sites for hydroxylation is 2. The topological polar surface area (TPSA) is 109 Å². The molecular weight excluding hydrogens is 410 g/mol. The van der Waals surface area contributed by atoms with Crippen LogP contribution in [0.3, 0.4) is 0 Å². The summed E-state index contributed by atoms with van der Waals surface area (Å²) in [5, 5.41) is 21.9. The van der Waals surface area contributed by atoms with E-state index in [1.165, 1.54) is 10.5 Å². The average Bonchev–Trinajstić information content (AvgIpc) is 3.07. The number of fused-ring (bicyclic) bond motifs is 1. The highest BCUT2D eigenvalue weighted by molar-refractivity contribution is 5.95. The normalized spacial score (nSPS) is 11.7. The maximum absolute atomic E-state index is 13.9. The summed E-state index contributed by atoms with van der Waals surface area (Å²) in [6.07, 6.45) is 1.89. The van der Waals surface area contributed by atoms with Gasteiger partial charge in [-0.15, -0.1) is 0 Å². The molecule has 0 aliphatic carbocycles. The van der Waals surface area contributed by atoms with Gasteiger partial charge in [-0.2, -0.15) is 0 Å². The van der Waals surface area contributed by atoms with Crippen molar-refractivity contribution in [2.24, 2.45) is 0 Å². The van der Waals surface area contributed by atoms with Crippen molar-refractivity contribution in [1.29, 1.82) is 0 Å². The zero-order valence-electron chi connectivity index (χ0n) is 17.4. The van der Waals surface area contributed by atoms with Crippen molar-refractivity contribution in [2.75, 3.05) is 13.2 Å². The Balaban J connectivity index is 1.99. The number of benzene rings is 1. The second-order valence-corrected chi connectivity index (χ2v) is 7.32. The van der Waals surface area contributed by atoms with Gasteiger partial charge in [-0.05, 0) is 32.4 Å². The van der Waals surface area contributed by atoms with Crippen LogP contribution < -0.4 is 10.1 Å². The van der Waals surface area contributed by atoms with E-state index in [4.69, 9.17) is 4.74 Å². The molecule has 2 aromatic heterocycles. The Kier molecular flexibility index (Phi) is 6.51. The van der Waals surface area contributed by atoms with Gasteiger partial charge in [-0.25, -0.2) is 18.7 Å². The number of carbonyl (C=O) groups is 1. The molecule has 10 heteroatoms. The van der Waals surface area contributed by atoms with Crippen LogP contribution in [0, 0.1) is 25.5 Å². The number of halogens is 2. The first kappa shape index (κ1) is 22.6. The molecule has 3 rings (SSSR count). The monoisotopic (exact) mass is 434 g/mol. The van der Waals surface area contributed by atoms with E-state index in [1.54, 1.807) is 27.0 Å². The Morgan fingerprint density at radius 1 is 1.19 bits per heavy atom. The van der Waals surface area contributed by atoms with Gasteiger partial charge in [0, 0.05) is 6.20 Å². The standard InChI is InChI=1S/C21H24F2N4O4/c1-4-21(10-28,11-29)26-19(30)17-13(3)25-18-20(24-12(2)8-27(17)18)31-9-14-15(22)6-5-7-16(14)23/h5-8,28-29H,4,9-11H2,1-3H3,(H,26,30). The molecule has 8 nitrogen and oxygen atoms in total. The van der Waals surface area contributed by atoms with E-state index in [2.05, 4.69) is 15.3 Å². The highest BCUT2D eigenvalue weighted by Crippen LogP contribution is 2.24. The largest absolute Gasteiger partial charge is 0.470 e. The van der Waals surface area contributed by atoms with Gasteiger partial charge >= 0.3 is 0 Å². The van der Waals surface area contributed by atoms with Gasteiger partial charge in [0.1, 0.15) is 23.9 Å². The molecule has 0 radical (unpaired) electrons. The highest BCUT2D eigenvalue weighted by Gasteiger charge is 2.31. The maximum Gasteiger partial charge on any atom is 0.270 e. The average molecular weight is 434 g/mol. The number of ether oxygens (including phenoxy) is 1. The molecule has 0 saturated heterocycles. The van der Waals surface area contributed by atoms with E-state index in [0.29, 0.717) is 17.8 Å². The summed E-state index contributed by atoms with van der Waals surface area (Å²) >= 11 is 0. The van der Waals surface area contributed by atoms with Crippen molar-refractivity contribution in [3.05, 3.63) is 58.7 Å². The third-order valence-corrected chi connectivity index (χ3v) is 5.16. The first-order valence-corrected chi connectivity index (χ1v) is 9.71. The first-order valence-electron chi connectivity index (χ1n) is 9.71. The molecule has 0 bridgehead atoms. The van der Waals surface area contributed by atoms with E-state index in [9.17, 15) is 23.8 Å². The van der Waals surface area contributed by atoms with Gasteiger partial charge in [0.25, 0.3) is 11.8 Å². The minimum Gasteiger partial charge on any atom is -0.470 e. The molecule has 3 N–H and O–H groups in total. The van der Waals surface area contributed by atoms with Crippen LogP contribution >= 0.6 is 0 Å². The zero-order valence-corrected chi connectivity index (χ0v) is 17.4. The zero-order chi connectivity index (χ0) is 22.8. The summed E-state index contributed by atoms with van der Waals surface area (Å²) in [4.78, 5) is 21.6. The van der Waals surface area contributed by atoms with Crippen LogP contribution in [0.15, 0.2) is 24.4 Å². The number of hydrogen-bond acceptors (Lipinski definition) is 6. The maximum atomic E-state index is 13.9. The van der Waals surface area contributed by atoms with Gasteiger partial charge in [-0.3, -0.25) is 9.20 Å². The number of rotatable bonds is 8. The van der Waals surface area contributed by atoms with Crippen molar-refractivity contribution in [3.63, 3.8) is 0 Å². The first-order chi connectivity index (χ1) is 14.7. The van der Waals surface area contributed by atoms with E-state index < -0.39 is 42.9 Å². The number of nitrogens with one attached hydrogen (secondary N) is 1. The molecule has 2 heterocycles. The molecule has 0 atom stereocenters. The number of hydrogen-bond donors (Lipinski definition) is 3. The SMILES string of the molecule is CCC(CO)(CO)NC(=O)c1c(C)nc2c(OCc3c(F)cccc3F)nc(C)cn12. The number of aromatic nitrogens is 3. The van der Waals surface area contributed by atoms with Crippen LogP contribution in [0.2, 0.25) is 0 Å². The summed E-state index contributed by atoms with van der Waals surface area (Å²) in [6.45, 7) is 3.73. The van der Waals surface area contributed by atoms with Crippen LogP contribution in [0.4, 0.5) is 8.78 Å². The summed E-state index contributed by atoms with van der Waals surface area (Å²) in [7, 11) is 0. The predicted molar refractivity (Wildman–Crippen MR) is 108 cm³/mol. The smallest absolute Gasteiger partial charge is 0.270 e. The number of amides is 1. The lowest BCUT2D eigenvalue weighted by Gasteiger charge is -2.29. The van der Waals surface area contributed by atoms with Crippen LogP contribution in [0.1, 0.15) is 40.8 Å². The van der Waals surface area contributed by atoms with Gasteiger partial charge in [0.2, 0.25) is 5.65 Å². The Hall–Kier alpha value is -3.11. The lowest BCUT2D eigenvalue weighted by molar-refractivity contribution is 0.0648. The molecule has 0 fully saturated rings. The molecule has 1 amide bonds. The molecule has 0 saturated carbocycles. The second kappa shape index (κ2) is 8.94. The summed E-state index contributed by atoms with van der Waals surface area (Å²) < 4.78 is 34.9. The van der Waals surface area contributed by atoms with Crippen molar-refractivity contribution in [2.45, 2.75) is 39.3 Å². The second-order valence-electron chi connectivity index (χ2n) is 7.32. The van der Waals surface area contributed by atoms with E-state index >= 15 is 0 Å². The lowest BCUT2D eigenvalue weighted by atomic mass is 9.98. The summed E-state index contributed by atoms with van der Waals surface area (Å²) in [5.74, 6) is -2.03. The molecule has 0 spiro atoms. The quantitative estimate of drug-likeness (QED) is 0.501. The molecule has 166 valence electrons. The van der Waals surface area contributed by atoms with Gasteiger partial charge in [0.15, 0.2) is 0 Å². The summed E-state index contributed by atoms with van der Waals surface area (Å²) in [6, 6.07) is 3.52. The number of carbonyl (C=O) groups excluding carboxylic acids is 1. The van der Waals surface area contributed by atoms with Crippen molar-refractivity contribution in [1.82, 2.24) is 19.7 Å². The summed E-state index contributed by atoms with van der Waals surface area (Å²) in [5.41, 5.74) is -0.231. The number of aliphatic hydroxyl groups is 2. The van der Waals surface area contributed by atoms with Gasteiger partial charge in [-0.1, -0.05) is 13.0 Å². The third kappa shape index (κ3) is 4.35. The molecule has 0 aliphatic rings. The minimum atomic E-state index is -1.18. The molecule has 0 aliphatic heterocycles. The number of imidazole rings is 1. The minimum absolute atomic E-state index is 0.0101. The molecule has 0 unspecified atom stereocenters. The van der Waals surface area contributed by atoms with E-state index in [1.807, 2.05) is 0 Å². The lowest BCUT2D eigenvalue weighted by Crippen LogP contribution is -2.54. The predicted octanol–water partition coefficient (Wildman–Crippen LogP) is 2.07. The fraction of sp³-hybridized carbons (Fsp3) is 0.381. The Labute approximate surface area is 177 Å². The van der Waals surface area contributed by atoms with Crippen LogP contribution in [-0.4, -0.2) is 49.2 Å². The fourth-order valence-corrected chi connectivity index (χ4v) is 3.17. The van der Waals surface area contributed by atoms with Crippen molar-refractivity contribution >= 4 is 11.6 Å². The molecule has 1 aromatic carbocycles. The van der Waals surface area contributed by atoms with E-state index in [-0.39, 0.29) is 22.8 Å². The Bertz CT molecular complexity index is 1080.